The molecule has 0 saturated carbocycles. The number of aliphatic hydroxyl groups is 1. The summed E-state index contributed by atoms with van der Waals surface area (Å²) in [5.74, 6) is 1.44. The predicted molar refractivity (Wildman–Crippen MR) is 140 cm³/mol. The van der Waals surface area contributed by atoms with Crippen LogP contribution in [0.1, 0.15) is 5.56 Å². The second-order valence-corrected chi connectivity index (χ2v) is 10.2. The fraction of sp³-hybridized carbons (Fsp3) is 0.222. The molecule has 3 rings (SSSR count). The molecule has 0 amide bonds. The maximum absolute atomic E-state index is 10.4. The third kappa shape index (κ3) is 10.3. The fourth-order valence-electron chi connectivity index (χ4n) is 3.33. The number of ether oxygens (including phenoxy) is 2. The summed E-state index contributed by atoms with van der Waals surface area (Å²) in [6.45, 7) is 0. The average Bonchev–Trinajstić information content (AvgIpc) is 2.84. The summed E-state index contributed by atoms with van der Waals surface area (Å²) in [4.78, 5) is 2.92. The summed E-state index contributed by atoms with van der Waals surface area (Å²) < 4.78 is 47.3. The van der Waals surface area contributed by atoms with Crippen molar-refractivity contribution in [2.45, 2.75) is 0 Å². The molecule has 11 heteroatoms. The van der Waals surface area contributed by atoms with Gasteiger partial charge in [0.1, 0.15) is 25.6 Å². The zero-order chi connectivity index (χ0) is 28.5. The van der Waals surface area contributed by atoms with Gasteiger partial charge >= 0.3 is 0 Å². The van der Waals surface area contributed by atoms with E-state index in [1.807, 2.05) is 82.8 Å². The predicted octanol–water partition coefficient (Wildman–Crippen LogP) is 0.680. The van der Waals surface area contributed by atoms with E-state index in [1.165, 1.54) is 11.8 Å². The Hall–Kier alpha value is -3.25. The van der Waals surface area contributed by atoms with Gasteiger partial charge in [-0.25, -0.2) is 23.2 Å². The Morgan fingerprint density at radius 1 is 0.947 bits per heavy atom. The van der Waals surface area contributed by atoms with Crippen LogP contribution in [-0.4, -0.2) is 57.8 Å². The lowest BCUT2D eigenvalue weighted by atomic mass is 10.1. The second kappa shape index (κ2) is 14.1. The van der Waals surface area contributed by atoms with Crippen LogP contribution in [0.4, 0.5) is 5.69 Å². The number of thioether (sulfide) groups is 1. The monoisotopic (exact) mass is 562 g/mol. The topological polar surface area (TPSA) is 137 Å². The highest BCUT2D eigenvalue weighted by atomic mass is 35.7. The molecular weight excluding hydrogens is 532 g/mol. The van der Waals surface area contributed by atoms with Crippen molar-refractivity contribution in [2.24, 2.45) is 0 Å². The second-order valence-electron chi connectivity index (χ2n) is 8.32. The first-order valence-electron chi connectivity index (χ1n) is 11.2. The number of allylic oxidation sites excluding steroid dienone is 10. The van der Waals surface area contributed by atoms with Crippen LogP contribution in [0.5, 0.6) is 0 Å². The van der Waals surface area contributed by atoms with Crippen LogP contribution in [0.3, 0.4) is 0 Å². The molecule has 0 aromatic heterocycles. The van der Waals surface area contributed by atoms with E-state index in [-0.39, 0.29) is 5.09 Å². The molecule has 0 unspecified atom stereocenters. The van der Waals surface area contributed by atoms with Crippen molar-refractivity contribution in [1.29, 1.82) is 0 Å². The number of rotatable bonds is 6. The third-order valence-corrected chi connectivity index (χ3v) is 5.97. The quantitative estimate of drug-likeness (QED) is 0.392. The zero-order valence-corrected chi connectivity index (χ0v) is 23.6. The maximum atomic E-state index is 10.4. The van der Waals surface area contributed by atoms with E-state index >= 15 is 0 Å². The van der Waals surface area contributed by atoms with Gasteiger partial charge in [-0.1, -0.05) is 11.8 Å². The smallest absolute Gasteiger partial charge is 0.199 e. The molecule has 1 aliphatic carbocycles. The Labute approximate surface area is 229 Å². The van der Waals surface area contributed by atoms with Crippen LogP contribution in [0.15, 0.2) is 99.8 Å². The molecule has 1 heterocycles. The highest BCUT2D eigenvalue weighted by Crippen LogP contribution is 2.34. The number of benzene rings is 1. The van der Waals surface area contributed by atoms with Crippen LogP contribution in [0.25, 0.3) is 5.76 Å². The van der Waals surface area contributed by atoms with Gasteiger partial charge in [-0.15, -0.1) is 10.2 Å². The molecule has 204 valence electrons. The van der Waals surface area contributed by atoms with Crippen molar-refractivity contribution < 1.29 is 48.0 Å². The molecule has 9 nitrogen and oxygen atoms in total. The molecule has 0 spiro atoms. The van der Waals surface area contributed by atoms with E-state index in [0.717, 1.165) is 44.5 Å². The van der Waals surface area contributed by atoms with Gasteiger partial charge in [-0.05, 0) is 66.3 Å². The molecule has 1 aromatic rings. The molecule has 0 saturated heterocycles. The number of methoxy groups -OCH3 is 2. The molecule has 0 atom stereocenters. The number of hydrogen-bond donors (Lipinski definition) is 1. The van der Waals surface area contributed by atoms with Gasteiger partial charge in [0.2, 0.25) is 0 Å². The molecule has 38 heavy (non-hydrogen) atoms. The number of aliphatic hydroxyl groups excluding tert-OH is 1. The molecule has 2 aliphatic rings. The van der Waals surface area contributed by atoms with Gasteiger partial charge < -0.3 is 19.5 Å². The van der Waals surface area contributed by atoms with Crippen LogP contribution in [-0.2, 0) is 9.47 Å². The lowest BCUT2D eigenvalue weighted by Crippen LogP contribution is -2.68. The molecule has 0 radical (unpaired) electrons. The number of hydrogen-bond acceptors (Lipinski definition) is 9. The van der Waals surface area contributed by atoms with Crippen molar-refractivity contribution in [2.75, 3.05) is 47.3 Å². The molecule has 1 N–H and O–H groups in total. The molecule has 0 fully saturated rings. The first kappa shape index (κ1) is 31.0. The summed E-state index contributed by atoms with van der Waals surface area (Å²) in [6, 6.07) is 8.15. The first-order chi connectivity index (χ1) is 17.8. The van der Waals surface area contributed by atoms with Crippen LogP contribution in [0, 0.1) is 10.2 Å². The Bertz CT molecular complexity index is 1220. The number of anilines is 1. The summed E-state index contributed by atoms with van der Waals surface area (Å²) in [7, 11) is 6.40. The van der Waals surface area contributed by atoms with Gasteiger partial charge in [0, 0.05) is 48.0 Å². The van der Waals surface area contributed by atoms with Crippen LogP contribution in [0.2, 0.25) is 0 Å². The first-order valence-corrected chi connectivity index (χ1v) is 13.2. The zero-order valence-electron chi connectivity index (χ0n) is 22.0. The Kier molecular flexibility index (Phi) is 11.5. The minimum Gasteiger partial charge on any atom is -0.502 e. The Balaban J connectivity index is 0.000000926. The summed E-state index contributed by atoms with van der Waals surface area (Å²) >= 11 is 1.29. The molecular formula is C27H31ClN2O7S. The van der Waals surface area contributed by atoms with Gasteiger partial charge in [0.15, 0.2) is 10.8 Å². The summed E-state index contributed by atoms with van der Waals surface area (Å²) in [5, 5.41) is 10.6. The van der Waals surface area contributed by atoms with Gasteiger partial charge in [0.25, 0.3) is 0 Å². The lowest BCUT2D eigenvalue weighted by molar-refractivity contribution is -2.00. The van der Waals surface area contributed by atoms with Gasteiger partial charge in [-0.3, -0.25) is 0 Å². The standard InChI is InChI=1S/C27H30N2O3S.ClHO4/c1-28(2)22-11-7-20(8-12-22)25(31-5)16-19-15-24(33-27(30)17-19)18-26(32-6)21-9-13-23(14-10-21)29(3)4;2-1(3,4)5/h7-18H,1-6H3;(H,2,3,4,5). The van der Waals surface area contributed by atoms with Crippen molar-refractivity contribution in [3.63, 3.8) is 0 Å². The minimum absolute atomic E-state index is 0.215. The SMILES string of the molecule is COC(=CC1=CC(=CC(OC)=C2C=CC(=[N+](C)C)C=C2)SC(O)=C1)c1ccc(N(C)C)cc1.[O-][Cl+3]([O-])([O-])[O-]. The Morgan fingerprint density at radius 3 is 2.00 bits per heavy atom. The van der Waals surface area contributed by atoms with E-state index in [9.17, 15) is 5.11 Å². The Morgan fingerprint density at radius 2 is 1.53 bits per heavy atom. The largest absolute Gasteiger partial charge is 0.502 e. The van der Waals surface area contributed by atoms with Crippen molar-refractivity contribution >= 4 is 28.9 Å². The van der Waals surface area contributed by atoms with E-state index in [0.29, 0.717) is 0 Å². The molecule has 1 aliphatic heterocycles. The van der Waals surface area contributed by atoms with Crippen LogP contribution >= 0.6 is 11.8 Å². The van der Waals surface area contributed by atoms with E-state index in [4.69, 9.17) is 28.1 Å². The molecule has 0 bridgehead atoms. The number of nitrogens with zero attached hydrogens (tertiary/aromatic N) is 2. The van der Waals surface area contributed by atoms with E-state index in [2.05, 4.69) is 21.6 Å². The highest BCUT2D eigenvalue weighted by molar-refractivity contribution is 8.06. The highest BCUT2D eigenvalue weighted by Gasteiger charge is 2.13. The van der Waals surface area contributed by atoms with Crippen molar-refractivity contribution in [1.82, 2.24) is 0 Å². The van der Waals surface area contributed by atoms with E-state index in [1.54, 1.807) is 20.3 Å². The maximum Gasteiger partial charge on any atom is 0.199 e. The fourth-order valence-corrected chi connectivity index (χ4v) is 4.13. The number of halogens is 1. The average molecular weight is 563 g/mol. The minimum atomic E-state index is -4.94. The van der Waals surface area contributed by atoms with E-state index < -0.39 is 10.2 Å². The normalized spacial score (nSPS) is 16.4. The molecule has 1 aromatic carbocycles. The van der Waals surface area contributed by atoms with Crippen molar-refractivity contribution in [3.05, 3.63) is 105 Å². The van der Waals surface area contributed by atoms with Crippen molar-refractivity contribution in [3.8, 4) is 0 Å². The lowest BCUT2D eigenvalue weighted by Gasteiger charge is -2.17. The van der Waals surface area contributed by atoms with Crippen LogP contribution < -0.4 is 23.5 Å². The van der Waals surface area contributed by atoms with Gasteiger partial charge in [0.05, 0.1) is 14.2 Å². The summed E-state index contributed by atoms with van der Waals surface area (Å²) in [5.41, 5.74) is 5.00. The van der Waals surface area contributed by atoms with Gasteiger partial charge in [-0.2, -0.15) is 0 Å². The summed E-state index contributed by atoms with van der Waals surface area (Å²) in [6.07, 6.45) is 15.7. The third-order valence-electron chi connectivity index (χ3n) is 5.17.